The number of aromatic nitrogens is 1. The van der Waals surface area contributed by atoms with Crippen molar-refractivity contribution >= 4 is 23.2 Å². The van der Waals surface area contributed by atoms with E-state index in [2.05, 4.69) is 4.98 Å². The molecule has 98 valence electrons. The summed E-state index contributed by atoms with van der Waals surface area (Å²) < 4.78 is 0. The minimum Gasteiger partial charge on any atom is -0.477 e. The Morgan fingerprint density at radius 1 is 1.26 bits per heavy atom. The molecule has 0 saturated carbocycles. The Morgan fingerprint density at radius 2 is 2.00 bits per heavy atom. The number of carboxylic acid groups (broad SMARTS) is 1. The van der Waals surface area contributed by atoms with Gasteiger partial charge in [-0.05, 0) is 23.6 Å². The highest BCUT2D eigenvalue weighted by atomic mass is 32.1. The number of thiophene rings is 1. The van der Waals surface area contributed by atoms with Crippen molar-refractivity contribution in [1.82, 2.24) is 9.88 Å². The normalized spacial score (nSPS) is 10.2. The summed E-state index contributed by atoms with van der Waals surface area (Å²) in [5.74, 6) is -1.44. The van der Waals surface area contributed by atoms with E-state index in [9.17, 15) is 9.59 Å². The van der Waals surface area contributed by atoms with Crippen LogP contribution in [0, 0.1) is 0 Å². The average molecular weight is 276 g/mol. The summed E-state index contributed by atoms with van der Waals surface area (Å²) in [6.07, 6.45) is 0. The number of aromatic carboxylic acids is 1. The van der Waals surface area contributed by atoms with E-state index in [-0.39, 0.29) is 17.3 Å². The van der Waals surface area contributed by atoms with Crippen molar-refractivity contribution in [2.45, 2.75) is 6.54 Å². The van der Waals surface area contributed by atoms with E-state index in [0.29, 0.717) is 6.54 Å². The molecule has 0 aromatic carbocycles. The van der Waals surface area contributed by atoms with Crippen molar-refractivity contribution in [2.75, 3.05) is 7.05 Å². The summed E-state index contributed by atoms with van der Waals surface area (Å²) in [7, 11) is 1.66. The van der Waals surface area contributed by atoms with Gasteiger partial charge < -0.3 is 10.0 Å². The predicted octanol–water partition coefficient (Wildman–Crippen LogP) is 2.11. The van der Waals surface area contributed by atoms with Gasteiger partial charge in [-0.3, -0.25) is 4.79 Å². The molecule has 0 spiro atoms. The molecule has 5 nitrogen and oxygen atoms in total. The summed E-state index contributed by atoms with van der Waals surface area (Å²) in [5, 5.41) is 10.8. The largest absolute Gasteiger partial charge is 0.477 e. The number of nitrogens with zero attached hydrogens (tertiary/aromatic N) is 2. The molecule has 0 aliphatic heterocycles. The molecule has 2 aromatic heterocycles. The Kier molecular flexibility index (Phi) is 3.91. The number of hydrogen-bond acceptors (Lipinski definition) is 4. The van der Waals surface area contributed by atoms with Gasteiger partial charge in [0.15, 0.2) is 0 Å². The fourth-order valence-corrected chi connectivity index (χ4v) is 2.33. The zero-order valence-corrected chi connectivity index (χ0v) is 11.1. The van der Waals surface area contributed by atoms with Crippen molar-refractivity contribution < 1.29 is 14.7 Å². The molecule has 0 aliphatic carbocycles. The lowest BCUT2D eigenvalue weighted by Crippen LogP contribution is -2.27. The van der Waals surface area contributed by atoms with Crippen LogP contribution in [0.4, 0.5) is 0 Å². The highest BCUT2D eigenvalue weighted by Crippen LogP contribution is 2.12. The van der Waals surface area contributed by atoms with Gasteiger partial charge in [0.1, 0.15) is 11.4 Å². The average Bonchev–Trinajstić information content (AvgIpc) is 2.90. The molecule has 1 amide bonds. The first-order valence-corrected chi connectivity index (χ1v) is 6.44. The molecule has 2 aromatic rings. The number of rotatable bonds is 4. The quantitative estimate of drug-likeness (QED) is 0.928. The van der Waals surface area contributed by atoms with Gasteiger partial charge in [-0.25, -0.2) is 9.78 Å². The minimum absolute atomic E-state index is 0.129. The third kappa shape index (κ3) is 3.17. The van der Waals surface area contributed by atoms with Gasteiger partial charge in [-0.2, -0.15) is 0 Å². The van der Waals surface area contributed by atoms with Crippen LogP contribution in [0.3, 0.4) is 0 Å². The lowest BCUT2D eigenvalue weighted by atomic mass is 10.2. The number of carboxylic acids is 1. The summed E-state index contributed by atoms with van der Waals surface area (Å²) >= 11 is 1.56. The third-order valence-electron chi connectivity index (χ3n) is 2.51. The van der Waals surface area contributed by atoms with Gasteiger partial charge >= 0.3 is 5.97 Å². The molecule has 0 unspecified atom stereocenters. The van der Waals surface area contributed by atoms with Crippen molar-refractivity contribution in [3.8, 4) is 0 Å². The van der Waals surface area contributed by atoms with Gasteiger partial charge in [0.25, 0.3) is 5.91 Å². The van der Waals surface area contributed by atoms with Gasteiger partial charge in [-0.1, -0.05) is 12.1 Å². The molecule has 0 bridgehead atoms. The van der Waals surface area contributed by atoms with Crippen LogP contribution in [0.5, 0.6) is 0 Å². The SMILES string of the molecule is CN(Cc1cccs1)C(=O)c1cccc(C(=O)O)n1. The molecule has 2 heterocycles. The zero-order chi connectivity index (χ0) is 13.8. The van der Waals surface area contributed by atoms with E-state index in [0.717, 1.165) is 4.88 Å². The Labute approximate surface area is 114 Å². The second kappa shape index (κ2) is 5.62. The van der Waals surface area contributed by atoms with E-state index >= 15 is 0 Å². The van der Waals surface area contributed by atoms with Crippen LogP contribution < -0.4 is 0 Å². The molecular formula is C13H12N2O3S. The maximum Gasteiger partial charge on any atom is 0.354 e. The molecule has 19 heavy (non-hydrogen) atoms. The van der Waals surface area contributed by atoms with Gasteiger partial charge in [-0.15, -0.1) is 11.3 Å². The van der Waals surface area contributed by atoms with Crippen LogP contribution >= 0.6 is 11.3 Å². The van der Waals surface area contributed by atoms with Gasteiger partial charge in [0.2, 0.25) is 0 Å². The Morgan fingerprint density at radius 3 is 2.63 bits per heavy atom. The van der Waals surface area contributed by atoms with Crippen LogP contribution in [0.15, 0.2) is 35.7 Å². The van der Waals surface area contributed by atoms with Crippen LogP contribution in [-0.4, -0.2) is 33.9 Å². The van der Waals surface area contributed by atoms with Gasteiger partial charge in [0.05, 0.1) is 6.54 Å². The number of carbonyl (C=O) groups is 2. The minimum atomic E-state index is -1.14. The van der Waals surface area contributed by atoms with E-state index < -0.39 is 5.97 Å². The summed E-state index contributed by atoms with van der Waals surface area (Å²) in [5.41, 5.74) is 0.00864. The monoisotopic (exact) mass is 276 g/mol. The fraction of sp³-hybridized carbons (Fsp3) is 0.154. The Bertz CT molecular complexity index is 596. The van der Waals surface area contributed by atoms with Crippen molar-refractivity contribution in [2.24, 2.45) is 0 Å². The highest BCUT2D eigenvalue weighted by Gasteiger charge is 2.15. The molecule has 2 rings (SSSR count). The van der Waals surface area contributed by atoms with Crippen molar-refractivity contribution in [1.29, 1.82) is 0 Å². The third-order valence-corrected chi connectivity index (χ3v) is 3.37. The molecule has 0 fully saturated rings. The number of hydrogen-bond donors (Lipinski definition) is 1. The number of carbonyl (C=O) groups excluding carboxylic acids is 1. The molecule has 0 atom stereocenters. The smallest absolute Gasteiger partial charge is 0.354 e. The topological polar surface area (TPSA) is 70.5 Å². The van der Waals surface area contributed by atoms with E-state index in [1.54, 1.807) is 18.4 Å². The second-order valence-corrected chi connectivity index (χ2v) is 4.99. The van der Waals surface area contributed by atoms with E-state index in [1.807, 2.05) is 17.5 Å². The first-order valence-electron chi connectivity index (χ1n) is 5.56. The number of amides is 1. The Hall–Kier alpha value is -2.21. The van der Waals surface area contributed by atoms with Crippen LogP contribution in [0.2, 0.25) is 0 Å². The van der Waals surface area contributed by atoms with Crippen LogP contribution in [-0.2, 0) is 6.54 Å². The lowest BCUT2D eigenvalue weighted by molar-refractivity contribution is 0.0690. The van der Waals surface area contributed by atoms with Crippen molar-refractivity contribution in [3.63, 3.8) is 0 Å². The Balaban J connectivity index is 2.14. The van der Waals surface area contributed by atoms with Crippen LogP contribution in [0.1, 0.15) is 25.9 Å². The van der Waals surface area contributed by atoms with Crippen LogP contribution in [0.25, 0.3) is 0 Å². The first kappa shape index (κ1) is 13.2. The lowest BCUT2D eigenvalue weighted by Gasteiger charge is -2.15. The van der Waals surface area contributed by atoms with Gasteiger partial charge in [0, 0.05) is 11.9 Å². The molecule has 6 heteroatoms. The summed E-state index contributed by atoms with van der Waals surface area (Å²) in [6.45, 7) is 0.482. The molecule has 1 N–H and O–H groups in total. The summed E-state index contributed by atoms with van der Waals surface area (Å²) in [4.78, 5) is 29.3. The molecular weight excluding hydrogens is 264 g/mol. The van der Waals surface area contributed by atoms with Crippen molar-refractivity contribution in [3.05, 3.63) is 52.0 Å². The molecule has 0 saturated heterocycles. The van der Waals surface area contributed by atoms with E-state index in [4.69, 9.17) is 5.11 Å². The standard InChI is InChI=1S/C13H12N2O3S/c1-15(8-9-4-3-7-19-9)12(16)10-5-2-6-11(14-10)13(17)18/h2-7H,8H2,1H3,(H,17,18). The second-order valence-electron chi connectivity index (χ2n) is 3.95. The maximum absolute atomic E-state index is 12.1. The maximum atomic E-state index is 12.1. The highest BCUT2D eigenvalue weighted by molar-refractivity contribution is 7.09. The summed E-state index contributed by atoms with van der Waals surface area (Å²) in [6, 6.07) is 8.25. The predicted molar refractivity (Wildman–Crippen MR) is 71.3 cm³/mol. The zero-order valence-electron chi connectivity index (χ0n) is 10.2. The fourth-order valence-electron chi connectivity index (χ4n) is 1.58. The molecule has 0 aliphatic rings. The van der Waals surface area contributed by atoms with E-state index in [1.165, 1.54) is 23.1 Å². The first-order chi connectivity index (χ1) is 9.08. The number of pyridine rings is 1. The molecule has 0 radical (unpaired) electrons.